The van der Waals surface area contributed by atoms with Crippen molar-refractivity contribution in [2.45, 2.75) is 0 Å². The summed E-state index contributed by atoms with van der Waals surface area (Å²) < 4.78 is 67.8. The quantitative estimate of drug-likeness (QED) is 0.337. The number of para-hydroxylation sites is 1. The predicted octanol–water partition coefficient (Wildman–Crippen LogP) is 4.25. The van der Waals surface area contributed by atoms with E-state index in [0.29, 0.717) is 5.69 Å². The van der Waals surface area contributed by atoms with Crippen LogP contribution in [0.3, 0.4) is 0 Å². The molecule has 0 aromatic heterocycles. The Balaban J connectivity index is 2.87. The number of halogens is 5. The molecule has 2 aromatic rings. The van der Waals surface area contributed by atoms with Gasteiger partial charge in [-0.15, -0.1) is 0 Å². The van der Waals surface area contributed by atoms with Gasteiger partial charge in [0.05, 0.1) is 26.7 Å². The average molecular weight is 302 g/mol. The van der Waals surface area contributed by atoms with E-state index in [-0.39, 0.29) is 10.0 Å². The zero-order valence-corrected chi connectivity index (χ0v) is 11.6. The highest BCUT2D eigenvalue weighted by molar-refractivity contribution is 5.78. The molecule has 6 heteroatoms. The van der Waals surface area contributed by atoms with Crippen molar-refractivity contribution in [2.24, 2.45) is 0 Å². The van der Waals surface area contributed by atoms with Gasteiger partial charge in [0.15, 0.2) is 23.3 Å². The van der Waals surface area contributed by atoms with Gasteiger partial charge in [0, 0.05) is 5.56 Å². The molecule has 0 aliphatic rings. The SMILES string of the molecule is C[N+](C)(C)c1ccccc1-c1c(F)c(F)c(F)c(F)c1F. The third-order valence-corrected chi connectivity index (χ3v) is 3.11. The van der Waals surface area contributed by atoms with Gasteiger partial charge in [-0.05, 0) is 12.1 Å². The topological polar surface area (TPSA) is 0 Å². The van der Waals surface area contributed by atoms with E-state index in [0.717, 1.165) is 0 Å². The first kappa shape index (κ1) is 15.4. The fourth-order valence-corrected chi connectivity index (χ4v) is 2.11. The molecule has 1 nitrogen and oxygen atoms in total. The third kappa shape index (κ3) is 2.51. The standard InChI is InChI=1S/C15H13F5N/c1-21(2,3)9-7-5-4-6-8(9)10-11(16)13(18)15(20)14(19)12(10)17/h4-7H,1-3H3/q+1. The van der Waals surface area contributed by atoms with Gasteiger partial charge in [0.1, 0.15) is 5.69 Å². The van der Waals surface area contributed by atoms with Crippen LogP contribution in [0.1, 0.15) is 0 Å². The highest BCUT2D eigenvalue weighted by Crippen LogP contribution is 2.37. The van der Waals surface area contributed by atoms with Crippen LogP contribution in [0.15, 0.2) is 24.3 Å². The maximum Gasteiger partial charge on any atom is 0.200 e. The molecule has 0 saturated carbocycles. The molecule has 0 fully saturated rings. The molecule has 2 rings (SSSR count). The van der Waals surface area contributed by atoms with Crippen LogP contribution in [0.25, 0.3) is 11.1 Å². The van der Waals surface area contributed by atoms with Crippen molar-refractivity contribution < 1.29 is 22.0 Å². The third-order valence-electron chi connectivity index (χ3n) is 3.11. The van der Waals surface area contributed by atoms with Crippen LogP contribution in [0.2, 0.25) is 0 Å². The Morgan fingerprint density at radius 2 is 1.10 bits per heavy atom. The van der Waals surface area contributed by atoms with Crippen molar-refractivity contribution in [3.63, 3.8) is 0 Å². The first-order chi connectivity index (χ1) is 9.66. The monoisotopic (exact) mass is 302 g/mol. The first-order valence-electron chi connectivity index (χ1n) is 6.09. The maximum atomic E-state index is 13.9. The summed E-state index contributed by atoms with van der Waals surface area (Å²) >= 11 is 0. The lowest BCUT2D eigenvalue weighted by atomic mass is 10.0. The van der Waals surface area contributed by atoms with Gasteiger partial charge in [-0.25, -0.2) is 22.0 Å². The molecule has 0 aliphatic carbocycles. The molecule has 0 radical (unpaired) electrons. The molecular formula is C15H13F5N+. The minimum atomic E-state index is -2.16. The van der Waals surface area contributed by atoms with E-state index in [1.807, 2.05) is 0 Å². The Bertz CT molecular complexity index is 675. The number of hydrogen-bond donors (Lipinski definition) is 0. The summed E-state index contributed by atoms with van der Waals surface area (Å²) in [5.74, 6) is -9.70. The van der Waals surface area contributed by atoms with E-state index in [2.05, 4.69) is 0 Å². The smallest absolute Gasteiger partial charge is 0.200 e. The van der Waals surface area contributed by atoms with E-state index < -0.39 is 34.6 Å². The van der Waals surface area contributed by atoms with Crippen LogP contribution >= 0.6 is 0 Å². The lowest BCUT2D eigenvalue weighted by Crippen LogP contribution is -2.35. The molecule has 0 saturated heterocycles. The molecule has 0 N–H and O–H groups in total. The molecule has 0 bridgehead atoms. The summed E-state index contributed by atoms with van der Waals surface area (Å²) in [4.78, 5) is 0. The van der Waals surface area contributed by atoms with E-state index in [4.69, 9.17) is 0 Å². The lowest BCUT2D eigenvalue weighted by Gasteiger charge is -2.26. The summed E-state index contributed by atoms with van der Waals surface area (Å²) in [5.41, 5.74) is -0.506. The van der Waals surface area contributed by atoms with Crippen molar-refractivity contribution in [3.05, 3.63) is 53.4 Å². The molecule has 0 amide bonds. The second kappa shape index (κ2) is 5.11. The fraction of sp³-hybridized carbons (Fsp3) is 0.200. The van der Waals surface area contributed by atoms with E-state index >= 15 is 0 Å². The average Bonchev–Trinajstić information content (AvgIpc) is 2.43. The van der Waals surface area contributed by atoms with E-state index in [9.17, 15) is 22.0 Å². The van der Waals surface area contributed by atoms with Crippen LogP contribution < -0.4 is 4.48 Å². The van der Waals surface area contributed by atoms with Gasteiger partial charge < -0.3 is 0 Å². The van der Waals surface area contributed by atoms with Gasteiger partial charge in [0.25, 0.3) is 0 Å². The van der Waals surface area contributed by atoms with Crippen LogP contribution in [-0.2, 0) is 0 Å². The molecule has 0 unspecified atom stereocenters. The Morgan fingerprint density at radius 3 is 1.57 bits per heavy atom. The van der Waals surface area contributed by atoms with Crippen LogP contribution in [0.4, 0.5) is 27.6 Å². The molecular weight excluding hydrogens is 289 g/mol. The second-order valence-electron chi connectivity index (χ2n) is 5.47. The molecule has 0 spiro atoms. The normalized spacial score (nSPS) is 11.8. The molecule has 2 aromatic carbocycles. The van der Waals surface area contributed by atoms with E-state index in [1.165, 1.54) is 12.1 Å². The summed E-state index contributed by atoms with van der Waals surface area (Å²) in [5, 5.41) is 0. The molecule has 112 valence electrons. The van der Waals surface area contributed by atoms with Gasteiger partial charge >= 0.3 is 0 Å². The van der Waals surface area contributed by atoms with Gasteiger partial charge in [-0.2, -0.15) is 0 Å². The maximum absolute atomic E-state index is 13.9. The summed E-state index contributed by atoms with van der Waals surface area (Å²) in [6, 6.07) is 6.02. The molecule has 21 heavy (non-hydrogen) atoms. The Hall–Kier alpha value is -1.95. The zero-order valence-electron chi connectivity index (χ0n) is 11.6. The number of hydrogen-bond acceptors (Lipinski definition) is 0. The number of nitrogens with zero attached hydrogens (tertiary/aromatic N) is 1. The van der Waals surface area contributed by atoms with Gasteiger partial charge in [-0.3, -0.25) is 4.48 Å². The molecule has 0 heterocycles. The Morgan fingerprint density at radius 1 is 0.667 bits per heavy atom. The first-order valence-corrected chi connectivity index (χ1v) is 6.09. The number of quaternary nitrogens is 1. The second-order valence-corrected chi connectivity index (χ2v) is 5.47. The van der Waals surface area contributed by atoms with Crippen LogP contribution in [-0.4, -0.2) is 21.1 Å². The number of benzene rings is 2. The summed E-state index contributed by atoms with van der Waals surface area (Å²) in [6.45, 7) is 0. The van der Waals surface area contributed by atoms with Crippen molar-refractivity contribution in [1.29, 1.82) is 0 Å². The largest absolute Gasteiger partial charge is 0.298 e. The lowest BCUT2D eigenvalue weighted by molar-refractivity contribution is 0.381. The minimum absolute atomic E-state index is 0.0298. The van der Waals surface area contributed by atoms with Crippen molar-refractivity contribution in [2.75, 3.05) is 21.1 Å². The van der Waals surface area contributed by atoms with Gasteiger partial charge in [0.2, 0.25) is 5.82 Å². The fourth-order valence-electron chi connectivity index (χ4n) is 2.11. The zero-order chi connectivity index (χ0) is 15.9. The Labute approximate surface area is 118 Å². The predicted molar refractivity (Wildman–Crippen MR) is 71.2 cm³/mol. The summed E-state index contributed by atoms with van der Waals surface area (Å²) in [6.07, 6.45) is 0. The molecule has 0 atom stereocenters. The van der Waals surface area contributed by atoms with Gasteiger partial charge in [-0.1, -0.05) is 12.1 Å². The minimum Gasteiger partial charge on any atom is -0.298 e. The van der Waals surface area contributed by atoms with Crippen molar-refractivity contribution >= 4 is 5.69 Å². The van der Waals surface area contributed by atoms with Crippen molar-refractivity contribution in [3.8, 4) is 11.1 Å². The highest BCUT2D eigenvalue weighted by Gasteiger charge is 2.30. The molecule has 0 aliphatic heterocycles. The summed E-state index contributed by atoms with van der Waals surface area (Å²) in [7, 11) is 5.18. The van der Waals surface area contributed by atoms with Crippen molar-refractivity contribution in [1.82, 2.24) is 4.48 Å². The van der Waals surface area contributed by atoms with E-state index in [1.54, 1.807) is 33.3 Å². The van der Waals surface area contributed by atoms with Crippen LogP contribution in [0, 0.1) is 29.1 Å². The van der Waals surface area contributed by atoms with Crippen LogP contribution in [0.5, 0.6) is 0 Å². The highest BCUT2D eigenvalue weighted by atomic mass is 19.2. The Kier molecular flexibility index (Phi) is 3.76. The number of rotatable bonds is 2.